The van der Waals surface area contributed by atoms with Crippen molar-refractivity contribution in [2.75, 3.05) is 24.6 Å². The van der Waals surface area contributed by atoms with Gasteiger partial charge >= 0.3 is 0 Å². The molecule has 0 heterocycles. The Morgan fingerprint density at radius 2 is 1.03 bits per heavy atom. The molecule has 0 saturated heterocycles. The lowest BCUT2D eigenvalue weighted by Crippen LogP contribution is -1.91. The molecule has 0 aliphatic rings. The molecule has 2 N–H and O–H groups in total. The van der Waals surface area contributed by atoms with Gasteiger partial charge in [0.2, 0.25) is 0 Å². The number of phenols is 2. The van der Waals surface area contributed by atoms with Crippen molar-refractivity contribution in [3.63, 3.8) is 0 Å². The first-order chi connectivity index (χ1) is 15.7. The Labute approximate surface area is 195 Å². The Morgan fingerprint density at radius 1 is 0.594 bits per heavy atom. The third kappa shape index (κ3) is 5.44. The lowest BCUT2D eigenvalue weighted by molar-refractivity contribution is 0.475. The summed E-state index contributed by atoms with van der Waals surface area (Å²) in [6, 6.07) is 23.2. The molecule has 0 saturated carbocycles. The summed E-state index contributed by atoms with van der Waals surface area (Å²) in [7, 11) is 3.53. The van der Waals surface area contributed by atoms with Crippen molar-refractivity contribution in [2.45, 2.75) is 0 Å². The third-order valence-electron chi connectivity index (χ3n) is 5.03. The number of hydrogen-bond donors (Lipinski definition) is 2. The highest BCUT2D eigenvalue weighted by atomic mass is 33.1. The molecule has 0 aliphatic heterocycles. The second-order valence-electron chi connectivity index (χ2n) is 7.15. The van der Waals surface area contributed by atoms with Crippen LogP contribution in [0.25, 0.3) is 21.5 Å². The van der Waals surface area contributed by atoms with E-state index < -0.39 is 0 Å². The van der Waals surface area contributed by atoms with Gasteiger partial charge in [0.15, 0.2) is 0 Å². The van der Waals surface area contributed by atoms with Crippen LogP contribution in [0, 0.1) is 0 Å². The van der Waals surface area contributed by atoms with Crippen LogP contribution in [0.3, 0.4) is 0 Å². The SMILES string of the molecule is Oc1ccc2ccccc2c1C=NCCSSCCN=Cc1c(O)ccc2ccccc12. The highest BCUT2D eigenvalue weighted by molar-refractivity contribution is 8.76. The van der Waals surface area contributed by atoms with Gasteiger partial charge in [-0.1, -0.05) is 82.3 Å². The van der Waals surface area contributed by atoms with Crippen molar-refractivity contribution >= 4 is 55.6 Å². The largest absolute Gasteiger partial charge is 0.507 e. The van der Waals surface area contributed by atoms with Gasteiger partial charge in [-0.05, 0) is 33.7 Å². The predicted molar refractivity (Wildman–Crippen MR) is 141 cm³/mol. The first-order valence-electron chi connectivity index (χ1n) is 10.4. The molecule has 0 unspecified atom stereocenters. The van der Waals surface area contributed by atoms with Crippen LogP contribution < -0.4 is 0 Å². The van der Waals surface area contributed by atoms with Crippen LogP contribution in [0.4, 0.5) is 0 Å². The summed E-state index contributed by atoms with van der Waals surface area (Å²) >= 11 is 0. The Balaban J connectivity index is 1.21. The molecule has 0 atom stereocenters. The van der Waals surface area contributed by atoms with E-state index in [1.807, 2.05) is 60.7 Å². The van der Waals surface area contributed by atoms with Gasteiger partial charge in [-0.25, -0.2) is 0 Å². The van der Waals surface area contributed by atoms with Gasteiger partial charge in [-0.3, -0.25) is 9.98 Å². The minimum atomic E-state index is 0.254. The highest BCUT2D eigenvalue weighted by Crippen LogP contribution is 2.27. The van der Waals surface area contributed by atoms with Gasteiger partial charge in [-0.2, -0.15) is 0 Å². The number of benzene rings is 4. The second kappa shape index (κ2) is 11.1. The van der Waals surface area contributed by atoms with E-state index in [4.69, 9.17) is 0 Å². The lowest BCUT2D eigenvalue weighted by atomic mass is 10.0. The Morgan fingerprint density at radius 3 is 1.50 bits per heavy atom. The van der Waals surface area contributed by atoms with Crippen molar-refractivity contribution < 1.29 is 10.2 Å². The molecule has 6 heteroatoms. The van der Waals surface area contributed by atoms with Crippen LogP contribution in [0.5, 0.6) is 11.5 Å². The number of fused-ring (bicyclic) bond motifs is 2. The molecule has 0 fully saturated rings. The quantitative estimate of drug-likeness (QED) is 0.174. The van der Waals surface area contributed by atoms with E-state index in [0.29, 0.717) is 13.1 Å². The van der Waals surface area contributed by atoms with Gasteiger partial charge in [-0.15, -0.1) is 0 Å². The molecule has 4 aromatic rings. The zero-order valence-corrected chi connectivity index (χ0v) is 19.1. The number of aliphatic imine (C=N–C) groups is 2. The number of nitrogens with zero attached hydrogens (tertiary/aromatic N) is 2. The smallest absolute Gasteiger partial charge is 0.124 e. The predicted octanol–water partition coefficient (Wildman–Crippen LogP) is 6.32. The molecule has 162 valence electrons. The molecule has 0 radical (unpaired) electrons. The average Bonchev–Trinajstić information content (AvgIpc) is 2.82. The number of phenolic OH excluding ortho intramolecular Hbond substituents is 2. The standard InChI is InChI=1S/C26H24N2O2S2/c29-25-11-9-19-5-1-3-7-21(19)23(25)17-27-13-15-31-32-16-14-28-18-24-22-8-4-2-6-20(22)10-12-26(24)30/h1-12,17-18,29-30H,13-16H2. The molecule has 4 nitrogen and oxygen atoms in total. The van der Waals surface area contributed by atoms with Crippen LogP contribution >= 0.6 is 21.6 Å². The molecule has 32 heavy (non-hydrogen) atoms. The molecule has 4 rings (SSSR count). The summed E-state index contributed by atoms with van der Waals surface area (Å²) in [5, 5.41) is 24.5. The maximum atomic E-state index is 10.2. The summed E-state index contributed by atoms with van der Waals surface area (Å²) in [5.41, 5.74) is 1.54. The topological polar surface area (TPSA) is 65.2 Å². The molecule has 0 aliphatic carbocycles. The van der Waals surface area contributed by atoms with E-state index in [-0.39, 0.29) is 11.5 Å². The molecule has 0 amide bonds. The third-order valence-corrected chi connectivity index (χ3v) is 7.39. The van der Waals surface area contributed by atoms with Gasteiger partial charge < -0.3 is 10.2 Å². The van der Waals surface area contributed by atoms with Crippen molar-refractivity contribution in [3.05, 3.63) is 83.9 Å². The summed E-state index contributed by atoms with van der Waals surface area (Å²) < 4.78 is 0. The average molecular weight is 461 g/mol. The van der Waals surface area contributed by atoms with E-state index in [1.54, 1.807) is 46.1 Å². The van der Waals surface area contributed by atoms with E-state index in [0.717, 1.165) is 44.2 Å². The Kier molecular flexibility index (Phi) is 7.69. The zero-order valence-electron chi connectivity index (χ0n) is 17.5. The van der Waals surface area contributed by atoms with Crippen molar-refractivity contribution in [2.24, 2.45) is 9.98 Å². The normalized spacial score (nSPS) is 11.9. The van der Waals surface area contributed by atoms with E-state index in [1.165, 1.54) is 0 Å². The van der Waals surface area contributed by atoms with Crippen LogP contribution in [-0.4, -0.2) is 47.2 Å². The van der Waals surface area contributed by atoms with Crippen LogP contribution in [0.15, 0.2) is 82.8 Å². The van der Waals surface area contributed by atoms with Crippen LogP contribution in [0.2, 0.25) is 0 Å². The zero-order chi connectivity index (χ0) is 22.2. The van der Waals surface area contributed by atoms with Gasteiger partial charge in [0.25, 0.3) is 0 Å². The van der Waals surface area contributed by atoms with E-state index >= 15 is 0 Å². The fourth-order valence-corrected chi connectivity index (χ4v) is 5.20. The molecule has 0 aromatic heterocycles. The minimum absolute atomic E-state index is 0.254. The maximum Gasteiger partial charge on any atom is 0.124 e. The van der Waals surface area contributed by atoms with E-state index in [2.05, 4.69) is 9.98 Å². The first-order valence-corrected chi connectivity index (χ1v) is 12.9. The molecule has 4 aromatic carbocycles. The minimum Gasteiger partial charge on any atom is -0.507 e. The van der Waals surface area contributed by atoms with Gasteiger partial charge in [0.1, 0.15) is 11.5 Å². The maximum absolute atomic E-state index is 10.2. The number of hydrogen-bond acceptors (Lipinski definition) is 6. The first kappa shape index (κ1) is 22.2. The van der Waals surface area contributed by atoms with Crippen LogP contribution in [0.1, 0.15) is 11.1 Å². The summed E-state index contributed by atoms with van der Waals surface area (Å²) in [6.07, 6.45) is 3.54. The van der Waals surface area contributed by atoms with E-state index in [9.17, 15) is 10.2 Å². The summed E-state index contributed by atoms with van der Waals surface area (Å²) in [5.74, 6) is 2.29. The molecule has 0 spiro atoms. The molecular weight excluding hydrogens is 436 g/mol. The fraction of sp³-hybridized carbons (Fsp3) is 0.154. The Hall–Kier alpha value is -2.96. The highest BCUT2D eigenvalue weighted by Gasteiger charge is 2.05. The second-order valence-corrected chi connectivity index (χ2v) is 9.86. The molecular formula is C26H24N2O2S2. The summed E-state index contributed by atoms with van der Waals surface area (Å²) in [4.78, 5) is 8.98. The number of aromatic hydroxyl groups is 2. The Bertz CT molecular complexity index is 1170. The van der Waals surface area contributed by atoms with Crippen molar-refractivity contribution in [1.82, 2.24) is 0 Å². The molecule has 0 bridgehead atoms. The monoisotopic (exact) mass is 460 g/mol. The number of rotatable bonds is 9. The van der Waals surface area contributed by atoms with Crippen LogP contribution in [-0.2, 0) is 0 Å². The van der Waals surface area contributed by atoms with Crippen molar-refractivity contribution in [1.29, 1.82) is 0 Å². The van der Waals surface area contributed by atoms with Crippen molar-refractivity contribution in [3.8, 4) is 11.5 Å². The summed E-state index contributed by atoms with van der Waals surface area (Å²) in [6.45, 7) is 1.38. The van der Waals surface area contributed by atoms with Gasteiger partial charge in [0.05, 0.1) is 0 Å². The lowest BCUT2D eigenvalue weighted by Gasteiger charge is -2.05. The fourth-order valence-electron chi connectivity index (χ4n) is 3.45. The van der Waals surface area contributed by atoms with Gasteiger partial charge in [0, 0.05) is 48.2 Å².